The maximum Gasteiger partial charge on any atom is 0.256 e. The molecule has 1 N–H and O–H groups in total. The fraction of sp³-hybridized carbons (Fsp3) is 0.348. The minimum atomic E-state index is -0.528. The molecule has 156 valence electrons. The van der Waals surface area contributed by atoms with Crippen LogP contribution in [0.2, 0.25) is 0 Å². The summed E-state index contributed by atoms with van der Waals surface area (Å²) in [6.45, 7) is 2.31. The summed E-state index contributed by atoms with van der Waals surface area (Å²) in [7, 11) is 1.54. The average molecular weight is 407 g/mol. The van der Waals surface area contributed by atoms with Crippen molar-refractivity contribution >= 4 is 29.1 Å². The van der Waals surface area contributed by atoms with Gasteiger partial charge in [-0.1, -0.05) is 18.2 Å². The molecule has 1 unspecified atom stereocenters. The van der Waals surface area contributed by atoms with E-state index in [-0.39, 0.29) is 24.3 Å². The van der Waals surface area contributed by atoms with E-state index in [1.807, 2.05) is 19.1 Å². The molecule has 1 atom stereocenters. The fourth-order valence-electron chi connectivity index (χ4n) is 4.19. The van der Waals surface area contributed by atoms with E-state index in [1.165, 1.54) is 12.0 Å². The highest BCUT2D eigenvalue weighted by Crippen LogP contribution is 2.32. The lowest BCUT2D eigenvalue weighted by atomic mass is 10.0. The first-order chi connectivity index (χ1) is 14.5. The number of aryl methyl sites for hydroxylation is 1. The summed E-state index contributed by atoms with van der Waals surface area (Å²) in [6, 6.07) is 12.0. The largest absolute Gasteiger partial charge is 0.495 e. The Labute approximate surface area is 175 Å². The Hall–Kier alpha value is -3.35. The molecule has 2 aromatic carbocycles. The Kier molecular flexibility index (Phi) is 5.44. The highest BCUT2D eigenvalue weighted by molar-refractivity contribution is 6.13. The number of methoxy groups -OCH3 is 1. The first-order valence-corrected chi connectivity index (χ1v) is 10.2. The highest BCUT2D eigenvalue weighted by atomic mass is 16.5. The van der Waals surface area contributed by atoms with Crippen LogP contribution in [0.15, 0.2) is 42.5 Å². The molecule has 2 aliphatic heterocycles. The number of benzene rings is 2. The lowest BCUT2D eigenvalue weighted by Crippen LogP contribution is -2.52. The van der Waals surface area contributed by atoms with Gasteiger partial charge in [0.15, 0.2) is 0 Å². The summed E-state index contributed by atoms with van der Waals surface area (Å²) in [4.78, 5) is 42.5. The lowest BCUT2D eigenvalue weighted by Gasteiger charge is -2.34. The van der Waals surface area contributed by atoms with E-state index in [2.05, 4.69) is 5.32 Å². The number of hydrogen-bond acceptors (Lipinski definition) is 4. The van der Waals surface area contributed by atoms with Crippen LogP contribution in [0, 0.1) is 6.92 Å². The van der Waals surface area contributed by atoms with Gasteiger partial charge in [-0.05, 0) is 56.0 Å². The van der Waals surface area contributed by atoms with Crippen LogP contribution >= 0.6 is 0 Å². The zero-order valence-electron chi connectivity index (χ0n) is 17.2. The number of carbonyl (C=O) groups excluding carboxylic acids is 3. The SMILES string of the molecule is COc1ccc(C)cc1NC(=O)CN1C(=O)C2CCCCN2C(=O)c2ccccc21. The van der Waals surface area contributed by atoms with Gasteiger partial charge in [-0.25, -0.2) is 0 Å². The fourth-order valence-corrected chi connectivity index (χ4v) is 4.19. The van der Waals surface area contributed by atoms with E-state index in [9.17, 15) is 14.4 Å². The monoisotopic (exact) mass is 407 g/mol. The van der Waals surface area contributed by atoms with Crippen molar-refractivity contribution in [1.29, 1.82) is 0 Å². The van der Waals surface area contributed by atoms with E-state index in [0.717, 1.165) is 18.4 Å². The molecule has 2 heterocycles. The molecular weight excluding hydrogens is 382 g/mol. The summed E-state index contributed by atoms with van der Waals surface area (Å²) in [5.41, 5.74) is 2.46. The molecule has 0 spiro atoms. The number of piperidine rings is 1. The first-order valence-electron chi connectivity index (χ1n) is 10.2. The number of fused-ring (bicyclic) bond motifs is 2. The number of carbonyl (C=O) groups is 3. The lowest BCUT2D eigenvalue weighted by molar-refractivity contribution is -0.125. The average Bonchev–Trinajstić information content (AvgIpc) is 2.84. The topological polar surface area (TPSA) is 79.0 Å². The first kappa shape index (κ1) is 19.9. The quantitative estimate of drug-likeness (QED) is 0.845. The van der Waals surface area contributed by atoms with Crippen molar-refractivity contribution in [1.82, 2.24) is 4.90 Å². The molecule has 7 heteroatoms. The van der Waals surface area contributed by atoms with Gasteiger partial charge in [-0.15, -0.1) is 0 Å². The van der Waals surface area contributed by atoms with Crippen molar-refractivity contribution in [2.75, 3.05) is 30.4 Å². The maximum absolute atomic E-state index is 13.4. The van der Waals surface area contributed by atoms with Crippen molar-refractivity contribution in [3.05, 3.63) is 53.6 Å². The van der Waals surface area contributed by atoms with Crippen LogP contribution in [0.1, 0.15) is 35.2 Å². The Bertz CT molecular complexity index is 1000. The number of nitrogens with one attached hydrogen (secondary N) is 1. The zero-order chi connectivity index (χ0) is 21.3. The molecule has 30 heavy (non-hydrogen) atoms. The minimum absolute atomic E-state index is 0.146. The van der Waals surface area contributed by atoms with Crippen molar-refractivity contribution in [3.8, 4) is 5.75 Å². The standard InChI is InChI=1S/C23H25N3O4/c1-15-10-11-20(30-2)17(13-15)24-21(27)14-26-18-8-4-3-7-16(18)22(28)25-12-6-5-9-19(25)23(26)29/h3-4,7-8,10-11,13,19H,5-6,9,12,14H2,1-2H3,(H,24,27). The van der Waals surface area contributed by atoms with Gasteiger partial charge in [0.05, 0.1) is 24.0 Å². The van der Waals surface area contributed by atoms with Gasteiger partial charge in [0, 0.05) is 6.54 Å². The highest BCUT2D eigenvalue weighted by Gasteiger charge is 2.41. The number of hydrogen-bond donors (Lipinski definition) is 1. The summed E-state index contributed by atoms with van der Waals surface area (Å²) >= 11 is 0. The summed E-state index contributed by atoms with van der Waals surface area (Å²) < 4.78 is 5.33. The molecule has 4 rings (SSSR count). The van der Waals surface area contributed by atoms with Crippen molar-refractivity contribution in [2.45, 2.75) is 32.2 Å². The predicted molar refractivity (Wildman–Crippen MR) is 114 cm³/mol. The van der Waals surface area contributed by atoms with Crippen molar-refractivity contribution in [2.24, 2.45) is 0 Å². The zero-order valence-corrected chi connectivity index (χ0v) is 17.2. The van der Waals surface area contributed by atoms with Gasteiger partial charge >= 0.3 is 0 Å². The van der Waals surface area contributed by atoms with E-state index in [0.29, 0.717) is 35.7 Å². The number of nitrogens with zero attached hydrogens (tertiary/aromatic N) is 2. The summed E-state index contributed by atoms with van der Waals surface area (Å²) in [6.07, 6.45) is 2.38. The van der Waals surface area contributed by atoms with Crippen LogP contribution < -0.4 is 15.0 Å². The third-order valence-corrected chi connectivity index (χ3v) is 5.67. The molecule has 1 fully saturated rings. The summed E-state index contributed by atoms with van der Waals surface area (Å²) in [5.74, 6) is -0.157. The van der Waals surface area contributed by atoms with Crippen molar-refractivity contribution in [3.63, 3.8) is 0 Å². The van der Waals surface area contributed by atoms with E-state index < -0.39 is 6.04 Å². The van der Waals surface area contributed by atoms with Crippen LogP contribution in [-0.2, 0) is 9.59 Å². The Morgan fingerprint density at radius 3 is 2.77 bits per heavy atom. The van der Waals surface area contributed by atoms with Gasteiger partial charge in [0.25, 0.3) is 5.91 Å². The normalized spacial score (nSPS) is 18.4. The molecule has 2 aliphatic rings. The Morgan fingerprint density at radius 2 is 1.97 bits per heavy atom. The molecule has 0 aliphatic carbocycles. The number of rotatable bonds is 4. The van der Waals surface area contributed by atoms with Crippen LogP contribution in [0.25, 0.3) is 0 Å². The van der Waals surface area contributed by atoms with Gasteiger partial charge in [0.1, 0.15) is 18.3 Å². The van der Waals surface area contributed by atoms with Crippen LogP contribution in [0.3, 0.4) is 0 Å². The maximum atomic E-state index is 13.4. The second kappa shape index (κ2) is 8.18. The smallest absolute Gasteiger partial charge is 0.256 e. The molecule has 0 radical (unpaired) electrons. The minimum Gasteiger partial charge on any atom is -0.495 e. The second-order valence-corrected chi connectivity index (χ2v) is 7.70. The van der Waals surface area contributed by atoms with E-state index in [4.69, 9.17) is 4.74 Å². The van der Waals surface area contributed by atoms with E-state index in [1.54, 1.807) is 35.2 Å². The van der Waals surface area contributed by atoms with Crippen LogP contribution in [-0.4, -0.2) is 48.9 Å². The molecule has 0 aromatic heterocycles. The van der Waals surface area contributed by atoms with Crippen LogP contribution in [0.5, 0.6) is 5.75 Å². The molecular formula is C23H25N3O4. The molecule has 3 amide bonds. The molecule has 2 aromatic rings. The number of amides is 3. The van der Waals surface area contributed by atoms with Crippen LogP contribution in [0.4, 0.5) is 11.4 Å². The summed E-state index contributed by atoms with van der Waals surface area (Å²) in [5, 5.41) is 2.85. The Morgan fingerprint density at radius 1 is 1.17 bits per heavy atom. The van der Waals surface area contributed by atoms with Gasteiger partial charge in [-0.2, -0.15) is 0 Å². The number of ether oxygens (including phenoxy) is 1. The number of anilines is 2. The van der Waals surface area contributed by atoms with Gasteiger partial charge < -0.3 is 19.9 Å². The van der Waals surface area contributed by atoms with Gasteiger partial charge in [0.2, 0.25) is 11.8 Å². The third-order valence-electron chi connectivity index (χ3n) is 5.67. The van der Waals surface area contributed by atoms with Gasteiger partial charge in [-0.3, -0.25) is 14.4 Å². The number of para-hydroxylation sites is 1. The molecule has 1 saturated heterocycles. The van der Waals surface area contributed by atoms with E-state index >= 15 is 0 Å². The predicted octanol–water partition coefficient (Wildman–Crippen LogP) is 2.98. The van der Waals surface area contributed by atoms with Crippen molar-refractivity contribution < 1.29 is 19.1 Å². The molecule has 0 bridgehead atoms. The third kappa shape index (κ3) is 3.63. The Balaban J connectivity index is 1.64. The second-order valence-electron chi connectivity index (χ2n) is 7.70. The molecule has 7 nitrogen and oxygen atoms in total. The molecule has 0 saturated carbocycles.